The number of anilines is 1. The van der Waals surface area contributed by atoms with E-state index in [9.17, 15) is 0 Å². The van der Waals surface area contributed by atoms with Gasteiger partial charge in [0.05, 0.1) is 16.8 Å². The minimum atomic E-state index is 0.106. The van der Waals surface area contributed by atoms with Crippen LogP contribution in [0.5, 0.6) is 0 Å². The Morgan fingerprint density at radius 2 is 2.06 bits per heavy atom. The highest BCUT2D eigenvalue weighted by molar-refractivity contribution is 7.12. The van der Waals surface area contributed by atoms with Gasteiger partial charge in [0, 0.05) is 16.3 Å². The summed E-state index contributed by atoms with van der Waals surface area (Å²) in [6, 6.07) is 10.0. The lowest BCUT2D eigenvalue weighted by atomic mass is 10.1. The lowest BCUT2D eigenvalue weighted by molar-refractivity contribution is 0.788. The first-order valence-electron chi connectivity index (χ1n) is 5.90. The second-order valence-corrected chi connectivity index (χ2v) is 6.15. The van der Waals surface area contributed by atoms with Gasteiger partial charge in [-0.25, -0.2) is 0 Å². The van der Waals surface area contributed by atoms with Gasteiger partial charge in [-0.1, -0.05) is 23.7 Å². The molecule has 0 saturated carbocycles. The number of para-hydroxylation sites is 1. The van der Waals surface area contributed by atoms with E-state index in [2.05, 4.69) is 25.2 Å². The summed E-state index contributed by atoms with van der Waals surface area (Å²) in [5, 5.41) is 4.14. The number of rotatable bonds is 4. The minimum absolute atomic E-state index is 0.106. The molecular weight excluding hydrogens is 264 g/mol. The normalized spacial score (nSPS) is 12.4. The van der Waals surface area contributed by atoms with E-state index in [1.165, 1.54) is 15.3 Å². The van der Waals surface area contributed by atoms with Crippen LogP contribution in [0.25, 0.3) is 0 Å². The molecule has 0 aliphatic heterocycles. The first-order chi connectivity index (χ1) is 8.61. The van der Waals surface area contributed by atoms with Crippen molar-refractivity contribution in [1.82, 2.24) is 0 Å². The van der Waals surface area contributed by atoms with E-state index >= 15 is 0 Å². The molecule has 1 heterocycles. The molecule has 4 heteroatoms. The summed E-state index contributed by atoms with van der Waals surface area (Å²) >= 11 is 7.96. The molecule has 0 aliphatic rings. The largest absolute Gasteiger partial charge is 0.376 e. The summed E-state index contributed by atoms with van der Waals surface area (Å²) in [6.45, 7) is 4.79. The van der Waals surface area contributed by atoms with Gasteiger partial charge in [0.2, 0.25) is 0 Å². The van der Waals surface area contributed by atoms with Crippen LogP contribution in [0.3, 0.4) is 0 Å². The summed E-state index contributed by atoms with van der Waals surface area (Å²) in [5.74, 6) is 0. The average molecular weight is 281 g/mol. The maximum atomic E-state index is 6.16. The van der Waals surface area contributed by atoms with Gasteiger partial charge in [0.15, 0.2) is 0 Å². The second kappa shape index (κ2) is 5.74. The Labute approximate surface area is 117 Å². The van der Waals surface area contributed by atoms with Crippen molar-refractivity contribution in [1.29, 1.82) is 0 Å². The summed E-state index contributed by atoms with van der Waals surface area (Å²) in [6.07, 6.45) is 0. The molecule has 0 bridgehead atoms. The first-order valence-corrected chi connectivity index (χ1v) is 7.09. The highest BCUT2D eigenvalue weighted by Crippen LogP contribution is 2.30. The van der Waals surface area contributed by atoms with Crippen LogP contribution < -0.4 is 11.1 Å². The van der Waals surface area contributed by atoms with Gasteiger partial charge < -0.3 is 11.1 Å². The molecular formula is C14H17ClN2S. The van der Waals surface area contributed by atoms with E-state index in [-0.39, 0.29) is 6.04 Å². The number of hydrogen-bond acceptors (Lipinski definition) is 3. The zero-order chi connectivity index (χ0) is 13.1. The molecule has 0 fully saturated rings. The number of nitrogens with two attached hydrogens (primary N) is 1. The smallest absolute Gasteiger partial charge is 0.0647 e. The lowest BCUT2D eigenvalue weighted by Gasteiger charge is -2.19. The van der Waals surface area contributed by atoms with E-state index in [1.807, 2.05) is 24.3 Å². The minimum Gasteiger partial charge on any atom is -0.376 e. The molecule has 2 rings (SSSR count). The predicted octanol–water partition coefficient (Wildman–Crippen LogP) is 4.13. The molecule has 2 nitrogen and oxygen atoms in total. The molecule has 2 aromatic rings. The Kier molecular flexibility index (Phi) is 4.27. The third-order valence-corrected chi connectivity index (χ3v) is 4.21. The molecule has 0 spiro atoms. The van der Waals surface area contributed by atoms with E-state index in [0.717, 1.165) is 10.7 Å². The summed E-state index contributed by atoms with van der Waals surface area (Å²) in [7, 11) is 0. The van der Waals surface area contributed by atoms with Crippen molar-refractivity contribution in [2.75, 3.05) is 11.9 Å². The number of thiophene rings is 1. The maximum absolute atomic E-state index is 6.16. The van der Waals surface area contributed by atoms with Crippen LogP contribution in [0.2, 0.25) is 5.02 Å². The number of halogens is 1. The molecule has 1 atom stereocenters. The van der Waals surface area contributed by atoms with Crippen LogP contribution in [0, 0.1) is 13.8 Å². The molecule has 1 aromatic heterocycles. The SMILES string of the molecule is Cc1cc(C(CN)Nc2ccccc2Cl)c(C)s1. The van der Waals surface area contributed by atoms with Crippen molar-refractivity contribution in [3.8, 4) is 0 Å². The molecule has 3 N–H and O–H groups in total. The van der Waals surface area contributed by atoms with E-state index in [0.29, 0.717) is 6.54 Å². The highest BCUT2D eigenvalue weighted by Gasteiger charge is 2.15. The van der Waals surface area contributed by atoms with Gasteiger partial charge in [-0.3, -0.25) is 0 Å². The Morgan fingerprint density at radius 3 is 2.61 bits per heavy atom. The molecule has 1 aromatic carbocycles. The van der Waals surface area contributed by atoms with Crippen LogP contribution in [0.15, 0.2) is 30.3 Å². The van der Waals surface area contributed by atoms with Crippen LogP contribution in [-0.2, 0) is 0 Å². The summed E-state index contributed by atoms with van der Waals surface area (Å²) in [5.41, 5.74) is 8.07. The molecule has 1 unspecified atom stereocenters. The van der Waals surface area contributed by atoms with Gasteiger partial charge in [-0.15, -0.1) is 11.3 Å². The fourth-order valence-corrected chi connectivity index (χ4v) is 3.20. The molecule has 0 saturated heterocycles. The predicted molar refractivity (Wildman–Crippen MR) is 80.7 cm³/mol. The third-order valence-electron chi connectivity index (χ3n) is 2.89. The van der Waals surface area contributed by atoms with Crippen molar-refractivity contribution in [3.05, 3.63) is 50.7 Å². The zero-order valence-electron chi connectivity index (χ0n) is 10.5. The molecule has 96 valence electrons. The van der Waals surface area contributed by atoms with Crippen LogP contribution in [0.1, 0.15) is 21.4 Å². The topological polar surface area (TPSA) is 38.0 Å². The van der Waals surface area contributed by atoms with Gasteiger partial charge in [-0.05, 0) is 37.6 Å². The van der Waals surface area contributed by atoms with Crippen molar-refractivity contribution in [2.45, 2.75) is 19.9 Å². The Hall–Kier alpha value is -1.03. The van der Waals surface area contributed by atoms with Gasteiger partial charge in [0.1, 0.15) is 0 Å². The summed E-state index contributed by atoms with van der Waals surface area (Å²) < 4.78 is 0. The molecule has 18 heavy (non-hydrogen) atoms. The van der Waals surface area contributed by atoms with Crippen molar-refractivity contribution in [2.24, 2.45) is 5.73 Å². The van der Waals surface area contributed by atoms with E-state index in [1.54, 1.807) is 11.3 Å². The molecule has 0 aliphatic carbocycles. The van der Waals surface area contributed by atoms with E-state index < -0.39 is 0 Å². The number of aryl methyl sites for hydroxylation is 2. The third kappa shape index (κ3) is 2.86. The van der Waals surface area contributed by atoms with Crippen LogP contribution in [-0.4, -0.2) is 6.54 Å². The lowest BCUT2D eigenvalue weighted by Crippen LogP contribution is -2.20. The number of nitrogens with one attached hydrogen (secondary N) is 1. The second-order valence-electron chi connectivity index (χ2n) is 4.28. The van der Waals surface area contributed by atoms with Gasteiger partial charge in [0.25, 0.3) is 0 Å². The van der Waals surface area contributed by atoms with Gasteiger partial charge in [-0.2, -0.15) is 0 Å². The zero-order valence-corrected chi connectivity index (χ0v) is 12.1. The van der Waals surface area contributed by atoms with Crippen LogP contribution >= 0.6 is 22.9 Å². The highest BCUT2D eigenvalue weighted by atomic mass is 35.5. The Bertz CT molecular complexity index is 536. The standard InChI is InChI=1S/C14H17ClN2S/c1-9-7-11(10(2)18-9)14(8-16)17-13-6-4-3-5-12(13)15/h3-7,14,17H,8,16H2,1-2H3. The fraction of sp³-hybridized carbons (Fsp3) is 0.286. The molecule has 0 amide bonds. The van der Waals surface area contributed by atoms with Crippen molar-refractivity contribution in [3.63, 3.8) is 0 Å². The van der Waals surface area contributed by atoms with Crippen LogP contribution in [0.4, 0.5) is 5.69 Å². The number of benzene rings is 1. The van der Waals surface area contributed by atoms with Crippen molar-refractivity contribution >= 4 is 28.6 Å². The Balaban J connectivity index is 2.25. The molecule has 0 radical (unpaired) electrons. The van der Waals surface area contributed by atoms with Crippen molar-refractivity contribution < 1.29 is 0 Å². The monoisotopic (exact) mass is 280 g/mol. The quantitative estimate of drug-likeness (QED) is 0.884. The Morgan fingerprint density at radius 1 is 1.33 bits per heavy atom. The summed E-state index contributed by atoms with van der Waals surface area (Å²) in [4.78, 5) is 2.62. The maximum Gasteiger partial charge on any atom is 0.0647 e. The fourth-order valence-electron chi connectivity index (χ4n) is 2.03. The van der Waals surface area contributed by atoms with Gasteiger partial charge >= 0.3 is 0 Å². The first kappa shape index (κ1) is 13.4. The number of hydrogen-bond donors (Lipinski definition) is 2. The average Bonchev–Trinajstić information content (AvgIpc) is 2.67. The van der Waals surface area contributed by atoms with E-state index in [4.69, 9.17) is 17.3 Å².